The highest BCUT2D eigenvalue weighted by molar-refractivity contribution is 5.88. The van der Waals surface area contributed by atoms with E-state index in [1.807, 2.05) is 26.8 Å². The second-order valence-corrected chi connectivity index (χ2v) is 10.5. The zero-order chi connectivity index (χ0) is 26.7. The minimum Gasteiger partial charge on any atom is -0.466 e. The number of nitrogens with one attached hydrogen (secondary N) is 1. The number of carbonyl (C=O) groups is 4. The van der Waals surface area contributed by atoms with E-state index in [1.54, 1.807) is 22.8 Å². The van der Waals surface area contributed by atoms with Crippen LogP contribution in [0, 0.1) is 11.8 Å². The van der Waals surface area contributed by atoms with Crippen molar-refractivity contribution in [2.24, 2.45) is 11.8 Å². The van der Waals surface area contributed by atoms with Gasteiger partial charge < -0.3 is 29.3 Å². The molecule has 10 nitrogen and oxygen atoms in total. The van der Waals surface area contributed by atoms with Crippen LogP contribution < -0.4 is 5.32 Å². The van der Waals surface area contributed by atoms with Crippen LogP contribution >= 0.6 is 0 Å². The number of piperidine rings is 2. The SMILES string of the molecule is CCOC(=O)C[C@@H](COC)NC(=O)[C@@H]1CCCN(C(=O)/C=C/C2CCN(C(=O)OC(C)(C)C)CC2)C1. The molecule has 2 aliphatic rings. The molecule has 0 saturated carbocycles. The monoisotopic (exact) mass is 509 g/mol. The molecule has 2 atom stereocenters. The van der Waals surface area contributed by atoms with Gasteiger partial charge in [0.1, 0.15) is 5.60 Å². The Morgan fingerprint density at radius 3 is 2.36 bits per heavy atom. The van der Waals surface area contributed by atoms with Crippen LogP contribution in [0.3, 0.4) is 0 Å². The minimum absolute atomic E-state index is 0.0399. The Morgan fingerprint density at radius 1 is 1.06 bits per heavy atom. The molecule has 2 fully saturated rings. The molecular weight excluding hydrogens is 466 g/mol. The maximum absolute atomic E-state index is 12.9. The molecule has 0 aliphatic carbocycles. The van der Waals surface area contributed by atoms with E-state index < -0.39 is 11.6 Å². The average Bonchev–Trinajstić information content (AvgIpc) is 2.82. The average molecular weight is 510 g/mol. The molecule has 0 aromatic rings. The second-order valence-electron chi connectivity index (χ2n) is 10.5. The Bertz CT molecular complexity index is 785. The Hall–Kier alpha value is -2.62. The van der Waals surface area contributed by atoms with Gasteiger partial charge in [-0.15, -0.1) is 0 Å². The van der Waals surface area contributed by atoms with E-state index in [9.17, 15) is 19.2 Å². The van der Waals surface area contributed by atoms with E-state index in [2.05, 4.69) is 5.32 Å². The molecule has 0 radical (unpaired) electrons. The molecule has 204 valence electrons. The second kappa shape index (κ2) is 14.2. The van der Waals surface area contributed by atoms with Crippen molar-refractivity contribution in [2.45, 2.75) is 71.4 Å². The molecule has 0 aromatic carbocycles. The predicted molar refractivity (Wildman–Crippen MR) is 134 cm³/mol. The quantitative estimate of drug-likeness (QED) is 0.375. The summed E-state index contributed by atoms with van der Waals surface area (Å²) < 4.78 is 15.5. The molecule has 0 spiro atoms. The van der Waals surface area contributed by atoms with Crippen LogP contribution in [0.5, 0.6) is 0 Å². The summed E-state index contributed by atoms with van der Waals surface area (Å²) in [5.41, 5.74) is -0.519. The van der Waals surface area contributed by atoms with Gasteiger partial charge in [-0.3, -0.25) is 14.4 Å². The number of carbonyl (C=O) groups excluding carboxylic acids is 4. The number of ether oxygens (including phenoxy) is 3. The van der Waals surface area contributed by atoms with Crippen molar-refractivity contribution in [3.8, 4) is 0 Å². The number of esters is 1. The van der Waals surface area contributed by atoms with Crippen molar-refractivity contribution in [2.75, 3.05) is 46.5 Å². The van der Waals surface area contributed by atoms with E-state index in [-0.39, 0.29) is 55.3 Å². The fourth-order valence-corrected chi connectivity index (χ4v) is 4.41. The van der Waals surface area contributed by atoms with Gasteiger partial charge in [0, 0.05) is 33.3 Å². The molecule has 1 N–H and O–H groups in total. The van der Waals surface area contributed by atoms with Crippen molar-refractivity contribution >= 4 is 23.9 Å². The summed E-state index contributed by atoms with van der Waals surface area (Å²) in [7, 11) is 1.51. The Labute approximate surface area is 214 Å². The highest BCUT2D eigenvalue weighted by atomic mass is 16.6. The third-order valence-corrected chi connectivity index (χ3v) is 6.24. The third kappa shape index (κ3) is 10.2. The van der Waals surface area contributed by atoms with Crippen molar-refractivity contribution in [3.05, 3.63) is 12.2 Å². The largest absolute Gasteiger partial charge is 0.466 e. The van der Waals surface area contributed by atoms with Gasteiger partial charge in [-0.2, -0.15) is 0 Å². The van der Waals surface area contributed by atoms with Crippen molar-refractivity contribution in [3.63, 3.8) is 0 Å². The van der Waals surface area contributed by atoms with Gasteiger partial charge in [0.15, 0.2) is 0 Å². The lowest BCUT2D eigenvalue weighted by Crippen LogP contribution is -2.48. The van der Waals surface area contributed by atoms with Gasteiger partial charge in [0.25, 0.3) is 0 Å². The van der Waals surface area contributed by atoms with Crippen LogP contribution in [-0.2, 0) is 28.6 Å². The Morgan fingerprint density at radius 2 is 1.75 bits per heavy atom. The van der Waals surface area contributed by atoms with E-state index >= 15 is 0 Å². The summed E-state index contributed by atoms with van der Waals surface area (Å²) in [5, 5.41) is 2.88. The molecule has 0 aromatic heterocycles. The normalized spacial score (nSPS) is 20.2. The number of nitrogens with zero attached hydrogens (tertiary/aromatic N) is 2. The summed E-state index contributed by atoms with van der Waals surface area (Å²) >= 11 is 0. The van der Waals surface area contributed by atoms with Crippen molar-refractivity contribution in [1.82, 2.24) is 15.1 Å². The Balaban J connectivity index is 1.82. The number of rotatable bonds is 9. The van der Waals surface area contributed by atoms with Crippen LogP contribution in [0.15, 0.2) is 12.2 Å². The molecule has 10 heteroatoms. The maximum Gasteiger partial charge on any atom is 0.410 e. The molecule has 2 rings (SSSR count). The zero-order valence-corrected chi connectivity index (χ0v) is 22.4. The van der Waals surface area contributed by atoms with E-state index in [0.29, 0.717) is 32.6 Å². The van der Waals surface area contributed by atoms with Crippen LogP contribution in [0.4, 0.5) is 4.79 Å². The van der Waals surface area contributed by atoms with Crippen LogP contribution in [0.2, 0.25) is 0 Å². The summed E-state index contributed by atoms with van der Waals surface area (Å²) in [4.78, 5) is 53.1. The van der Waals surface area contributed by atoms with E-state index in [4.69, 9.17) is 14.2 Å². The number of likely N-dealkylation sites (tertiary alicyclic amines) is 2. The first-order chi connectivity index (χ1) is 17.0. The molecule has 0 bridgehead atoms. The van der Waals surface area contributed by atoms with Crippen LogP contribution in [0.1, 0.15) is 59.8 Å². The van der Waals surface area contributed by atoms with Gasteiger partial charge in [-0.25, -0.2) is 4.79 Å². The van der Waals surface area contributed by atoms with Gasteiger partial charge >= 0.3 is 12.1 Å². The highest BCUT2D eigenvalue weighted by Crippen LogP contribution is 2.22. The lowest BCUT2D eigenvalue weighted by Gasteiger charge is -2.33. The molecule has 0 unspecified atom stereocenters. The molecule has 2 aliphatic heterocycles. The lowest BCUT2D eigenvalue weighted by molar-refractivity contribution is -0.144. The van der Waals surface area contributed by atoms with Crippen LogP contribution in [0.25, 0.3) is 0 Å². The topological polar surface area (TPSA) is 114 Å². The predicted octanol–water partition coefficient (Wildman–Crippen LogP) is 2.51. The molecular formula is C26H43N3O7. The van der Waals surface area contributed by atoms with Crippen molar-refractivity contribution < 1.29 is 33.4 Å². The summed E-state index contributed by atoms with van der Waals surface area (Å²) in [5.74, 6) is -0.800. The fourth-order valence-electron chi connectivity index (χ4n) is 4.41. The summed E-state index contributed by atoms with van der Waals surface area (Å²) in [6.07, 6.45) is 6.23. The first kappa shape index (κ1) is 29.6. The number of amides is 3. The van der Waals surface area contributed by atoms with E-state index in [1.165, 1.54) is 7.11 Å². The molecule has 2 heterocycles. The van der Waals surface area contributed by atoms with Crippen LogP contribution in [-0.4, -0.2) is 91.8 Å². The van der Waals surface area contributed by atoms with Gasteiger partial charge in [0.2, 0.25) is 11.8 Å². The number of hydrogen-bond acceptors (Lipinski definition) is 7. The number of allylic oxidation sites excluding steroid dienone is 1. The zero-order valence-electron chi connectivity index (χ0n) is 22.4. The maximum atomic E-state index is 12.9. The third-order valence-electron chi connectivity index (χ3n) is 6.24. The smallest absolute Gasteiger partial charge is 0.410 e. The minimum atomic E-state index is -0.519. The molecule has 36 heavy (non-hydrogen) atoms. The first-order valence-corrected chi connectivity index (χ1v) is 12.9. The Kier molecular flexibility index (Phi) is 11.7. The van der Waals surface area contributed by atoms with Crippen molar-refractivity contribution in [1.29, 1.82) is 0 Å². The summed E-state index contributed by atoms with van der Waals surface area (Å²) in [6.45, 7) is 9.90. The standard InChI is InChI=1S/C26H43N3O7/c1-6-35-23(31)16-21(18-34-5)27-24(32)20-8-7-13-29(17-20)22(30)10-9-19-11-14-28(15-12-19)25(33)36-26(2,3)4/h9-10,19-21H,6-8,11-18H2,1-5H3,(H,27,32)/b10-9+/t20-,21+/m1/s1. The van der Waals surface area contributed by atoms with Gasteiger partial charge in [-0.05, 0) is 65.4 Å². The van der Waals surface area contributed by atoms with Gasteiger partial charge in [0.05, 0.1) is 31.6 Å². The fraction of sp³-hybridized carbons (Fsp3) is 0.769. The molecule has 2 saturated heterocycles. The highest BCUT2D eigenvalue weighted by Gasteiger charge is 2.30. The molecule has 3 amide bonds. The first-order valence-electron chi connectivity index (χ1n) is 12.9. The number of hydrogen-bond donors (Lipinski definition) is 1. The van der Waals surface area contributed by atoms with E-state index in [0.717, 1.165) is 19.3 Å². The summed E-state index contributed by atoms with van der Waals surface area (Å²) in [6, 6.07) is -0.473. The van der Waals surface area contributed by atoms with Gasteiger partial charge in [-0.1, -0.05) is 6.08 Å². The number of methoxy groups -OCH3 is 1. The lowest BCUT2D eigenvalue weighted by atomic mass is 9.95.